The molecule has 0 bridgehead atoms. The predicted octanol–water partition coefficient (Wildman–Crippen LogP) is 2.11. The van der Waals surface area contributed by atoms with Crippen LogP contribution in [0.15, 0.2) is 0 Å². The third-order valence-electron chi connectivity index (χ3n) is 4.81. The van der Waals surface area contributed by atoms with E-state index < -0.39 is 0 Å². The summed E-state index contributed by atoms with van der Waals surface area (Å²) < 4.78 is 0. The minimum Gasteiger partial charge on any atom is -0.393 e. The number of aliphatic hydroxyl groups is 1. The smallest absolute Gasteiger partial charge is 0.146 e. The third kappa shape index (κ3) is 2.59. The van der Waals surface area contributed by atoms with E-state index in [0.717, 1.165) is 61.4 Å². The van der Waals surface area contributed by atoms with E-state index in [0.29, 0.717) is 5.82 Å². The van der Waals surface area contributed by atoms with Crippen LogP contribution in [0, 0.1) is 0 Å². The normalized spacial score (nSPS) is 20.4. The average Bonchev–Trinajstić information content (AvgIpc) is 2.88. The van der Waals surface area contributed by atoms with Crippen LogP contribution in [0.25, 0.3) is 10.2 Å². The van der Waals surface area contributed by atoms with Crippen LogP contribution in [0.3, 0.4) is 0 Å². The first-order valence-corrected chi connectivity index (χ1v) is 8.99. The fraction of sp³-hybridized carbons (Fsp3) is 0.625. The number of aliphatic hydroxyl groups excluding tert-OH is 1. The molecule has 0 spiro atoms. The zero-order valence-corrected chi connectivity index (χ0v) is 13.5. The molecule has 3 heterocycles. The second-order valence-corrected chi connectivity index (χ2v) is 7.51. The first-order chi connectivity index (χ1) is 10.7. The summed E-state index contributed by atoms with van der Waals surface area (Å²) in [6.07, 6.45) is 6.33. The van der Waals surface area contributed by atoms with Gasteiger partial charge >= 0.3 is 0 Å². The van der Waals surface area contributed by atoms with Crippen molar-refractivity contribution >= 4 is 27.4 Å². The van der Waals surface area contributed by atoms with Gasteiger partial charge in [-0.25, -0.2) is 9.97 Å². The Bertz CT molecular complexity index is 691. The molecule has 2 aromatic heterocycles. The largest absolute Gasteiger partial charge is 0.393 e. The molecule has 0 atom stereocenters. The topological polar surface area (TPSA) is 75.3 Å². The van der Waals surface area contributed by atoms with E-state index >= 15 is 0 Å². The van der Waals surface area contributed by atoms with Gasteiger partial charge in [0.15, 0.2) is 0 Å². The molecule has 0 radical (unpaired) electrons. The van der Waals surface area contributed by atoms with Crippen LogP contribution in [-0.4, -0.2) is 39.2 Å². The summed E-state index contributed by atoms with van der Waals surface area (Å²) in [4.78, 5) is 14.2. The lowest BCUT2D eigenvalue weighted by Gasteiger charge is -2.28. The number of nitrogens with two attached hydrogens (primary N) is 1. The Hall–Kier alpha value is -1.24. The summed E-state index contributed by atoms with van der Waals surface area (Å²) in [7, 11) is 0. The van der Waals surface area contributed by atoms with E-state index in [9.17, 15) is 5.11 Å². The van der Waals surface area contributed by atoms with Crippen molar-refractivity contribution in [2.24, 2.45) is 0 Å². The maximum Gasteiger partial charge on any atom is 0.146 e. The molecule has 6 heteroatoms. The van der Waals surface area contributed by atoms with Gasteiger partial charge in [-0.15, -0.1) is 11.3 Å². The molecule has 1 saturated heterocycles. The monoisotopic (exact) mass is 318 g/mol. The van der Waals surface area contributed by atoms with Gasteiger partial charge in [-0.3, -0.25) is 4.90 Å². The molecule has 22 heavy (non-hydrogen) atoms. The van der Waals surface area contributed by atoms with Gasteiger partial charge < -0.3 is 10.8 Å². The fourth-order valence-corrected chi connectivity index (χ4v) is 4.87. The minimum absolute atomic E-state index is 0.145. The van der Waals surface area contributed by atoms with Crippen molar-refractivity contribution < 1.29 is 5.11 Å². The van der Waals surface area contributed by atoms with Crippen molar-refractivity contribution in [3.05, 3.63) is 16.3 Å². The Kier molecular flexibility index (Phi) is 3.76. The minimum atomic E-state index is -0.145. The number of likely N-dealkylation sites (tertiary alicyclic amines) is 1. The number of hydrogen-bond acceptors (Lipinski definition) is 6. The molecule has 2 aromatic rings. The second-order valence-electron chi connectivity index (χ2n) is 6.42. The number of aryl methyl sites for hydroxylation is 2. The standard InChI is InChI=1S/C16H22N4OS/c17-15-14-11-3-1-2-4-12(11)22-16(14)19-13(18-15)9-20-7-5-10(21)6-8-20/h10,21H,1-9H2,(H2,17,18,19). The van der Waals surface area contributed by atoms with Crippen LogP contribution in [-0.2, 0) is 19.4 Å². The van der Waals surface area contributed by atoms with Gasteiger partial charge in [0.1, 0.15) is 16.5 Å². The quantitative estimate of drug-likeness (QED) is 0.887. The lowest BCUT2D eigenvalue weighted by molar-refractivity contribution is 0.0781. The lowest BCUT2D eigenvalue weighted by atomic mass is 9.97. The van der Waals surface area contributed by atoms with Crippen LogP contribution in [0.2, 0.25) is 0 Å². The highest BCUT2D eigenvalue weighted by molar-refractivity contribution is 7.19. The average molecular weight is 318 g/mol. The van der Waals surface area contributed by atoms with Gasteiger partial charge in [-0.2, -0.15) is 0 Å². The van der Waals surface area contributed by atoms with Crippen molar-refractivity contribution in [2.45, 2.75) is 51.2 Å². The summed E-state index contributed by atoms with van der Waals surface area (Å²) >= 11 is 1.80. The summed E-state index contributed by atoms with van der Waals surface area (Å²) in [5, 5.41) is 10.7. The summed E-state index contributed by atoms with van der Waals surface area (Å²) in [5.74, 6) is 1.47. The maximum absolute atomic E-state index is 9.60. The molecular formula is C16H22N4OS. The van der Waals surface area contributed by atoms with Crippen molar-refractivity contribution in [3.8, 4) is 0 Å². The van der Waals surface area contributed by atoms with Crippen molar-refractivity contribution in [1.82, 2.24) is 14.9 Å². The molecule has 2 aliphatic rings. The summed E-state index contributed by atoms with van der Waals surface area (Å²) in [5.41, 5.74) is 7.65. The Morgan fingerprint density at radius 1 is 1.18 bits per heavy atom. The molecule has 0 saturated carbocycles. The Morgan fingerprint density at radius 3 is 2.77 bits per heavy atom. The molecule has 5 nitrogen and oxygen atoms in total. The molecule has 4 rings (SSSR count). The zero-order chi connectivity index (χ0) is 15.1. The van der Waals surface area contributed by atoms with E-state index in [2.05, 4.69) is 9.88 Å². The number of nitrogens with zero attached hydrogens (tertiary/aromatic N) is 3. The van der Waals surface area contributed by atoms with Gasteiger partial charge in [-0.1, -0.05) is 0 Å². The molecule has 1 aliphatic heterocycles. The summed E-state index contributed by atoms with van der Waals surface area (Å²) in [6, 6.07) is 0. The Labute approximate surface area is 134 Å². The van der Waals surface area contributed by atoms with E-state index in [4.69, 9.17) is 10.7 Å². The van der Waals surface area contributed by atoms with Crippen LogP contribution in [0.1, 0.15) is 41.9 Å². The lowest BCUT2D eigenvalue weighted by Crippen LogP contribution is -2.35. The Balaban J connectivity index is 1.63. The number of nitrogen functional groups attached to an aromatic ring is 1. The first-order valence-electron chi connectivity index (χ1n) is 8.18. The number of aromatic nitrogens is 2. The van der Waals surface area contributed by atoms with E-state index in [1.165, 1.54) is 23.3 Å². The maximum atomic E-state index is 9.60. The van der Waals surface area contributed by atoms with Gasteiger partial charge in [-0.05, 0) is 44.1 Å². The number of hydrogen-bond donors (Lipinski definition) is 2. The van der Waals surface area contributed by atoms with Gasteiger partial charge in [0.05, 0.1) is 18.0 Å². The van der Waals surface area contributed by atoms with Gasteiger partial charge in [0, 0.05) is 18.0 Å². The van der Waals surface area contributed by atoms with E-state index in [1.807, 2.05) is 0 Å². The van der Waals surface area contributed by atoms with E-state index in [-0.39, 0.29) is 6.10 Å². The fourth-order valence-electron chi connectivity index (χ4n) is 3.58. The number of rotatable bonds is 2. The SMILES string of the molecule is Nc1nc(CN2CCC(O)CC2)nc2sc3c(c12)CCCC3. The number of fused-ring (bicyclic) bond motifs is 3. The highest BCUT2D eigenvalue weighted by atomic mass is 32.1. The van der Waals surface area contributed by atoms with E-state index in [1.54, 1.807) is 11.3 Å². The van der Waals surface area contributed by atoms with Crippen LogP contribution in [0.5, 0.6) is 0 Å². The summed E-state index contributed by atoms with van der Waals surface area (Å²) in [6.45, 7) is 2.54. The van der Waals surface area contributed by atoms with Gasteiger partial charge in [0.2, 0.25) is 0 Å². The number of anilines is 1. The third-order valence-corrected chi connectivity index (χ3v) is 6.00. The number of piperidine rings is 1. The molecule has 1 fully saturated rings. The molecule has 3 N–H and O–H groups in total. The van der Waals surface area contributed by atoms with Crippen LogP contribution < -0.4 is 5.73 Å². The Morgan fingerprint density at radius 2 is 1.95 bits per heavy atom. The number of thiophene rings is 1. The van der Waals surface area contributed by atoms with Crippen molar-refractivity contribution in [3.63, 3.8) is 0 Å². The second kappa shape index (κ2) is 5.76. The molecule has 0 aromatic carbocycles. The molecular weight excluding hydrogens is 296 g/mol. The van der Waals surface area contributed by atoms with Crippen molar-refractivity contribution in [2.75, 3.05) is 18.8 Å². The van der Waals surface area contributed by atoms with Crippen molar-refractivity contribution in [1.29, 1.82) is 0 Å². The molecule has 0 unspecified atom stereocenters. The van der Waals surface area contributed by atoms with Crippen LogP contribution >= 0.6 is 11.3 Å². The zero-order valence-electron chi connectivity index (χ0n) is 12.7. The van der Waals surface area contributed by atoms with Crippen LogP contribution in [0.4, 0.5) is 5.82 Å². The molecule has 0 amide bonds. The first kappa shape index (κ1) is 14.4. The predicted molar refractivity (Wildman–Crippen MR) is 89.0 cm³/mol. The molecule has 118 valence electrons. The molecule has 1 aliphatic carbocycles. The highest BCUT2D eigenvalue weighted by Crippen LogP contribution is 2.37. The highest BCUT2D eigenvalue weighted by Gasteiger charge is 2.22. The van der Waals surface area contributed by atoms with Gasteiger partial charge in [0.25, 0.3) is 0 Å².